The van der Waals surface area contributed by atoms with E-state index >= 15 is 0 Å². The molecular formula is C14H24N2OS. The summed E-state index contributed by atoms with van der Waals surface area (Å²) in [6.45, 7) is 5.23. The third kappa shape index (κ3) is 2.29. The molecule has 3 fully saturated rings. The molecule has 0 aromatic heterocycles. The van der Waals surface area contributed by atoms with Crippen LogP contribution in [0.5, 0.6) is 0 Å². The number of nitrogens with one attached hydrogen (secondary N) is 1. The summed E-state index contributed by atoms with van der Waals surface area (Å²) in [5.41, 5.74) is 0.344. The van der Waals surface area contributed by atoms with Gasteiger partial charge in [-0.05, 0) is 33.1 Å². The Labute approximate surface area is 114 Å². The lowest BCUT2D eigenvalue weighted by atomic mass is 9.83. The van der Waals surface area contributed by atoms with Crippen LogP contribution >= 0.6 is 11.8 Å². The fourth-order valence-corrected chi connectivity index (χ4v) is 4.60. The van der Waals surface area contributed by atoms with Crippen molar-refractivity contribution in [3.8, 4) is 0 Å². The first kappa shape index (κ1) is 12.8. The summed E-state index contributed by atoms with van der Waals surface area (Å²) in [6.07, 6.45) is 8.09. The number of nitrogens with zero attached hydrogens (tertiary/aromatic N) is 1. The molecule has 102 valence electrons. The molecular weight excluding hydrogens is 244 g/mol. The lowest BCUT2D eigenvalue weighted by Gasteiger charge is -2.33. The topological polar surface area (TPSA) is 33.6 Å². The molecule has 2 saturated heterocycles. The number of hydrogen-bond acceptors (Lipinski definition) is 3. The van der Waals surface area contributed by atoms with Crippen molar-refractivity contribution in [2.45, 2.75) is 69.6 Å². The summed E-state index contributed by atoms with van der Waals surface area (Å²) < 4.78 is 5.67. The lowest BCUT2D eigenvalue weighted by Crippen LogP contribution is -2.46. The van der Waals surface area contributed by atoms with Gasteiger partial charge in [-0.15, -0.1) is 0 Å². The first-order valence-electron chi connectivity index (χ1n) is 7.24. The number of amidine groups is 1. The highest BCUT2D eigenvalue weighted by Gasteiger charge is 2.41. The van der Waals surface area contributed by atoms with Crippen molar-refractivity contribution < 1.29 is 4.74 Å². The van der Waals surface area contributed by atoms with E-state index in [0.717, 1.165) is 18.2 Å². The second-order valence-electron chi connectivity index (χ2n) is 6.29. The van der Waals surface area contributed by atoms with Gasteiger partial charge in [0.1, 0.15) is 0 Å². The van der Waals surface area contributed by atoms with Crippen LogP contribution in [0.25, 0.3) is 0 Å². The molecule has 3 nitrogen and oxygen atoms in total. The Bertz CT molecular complexity index is 352. The maximum Gasteiger partial charge on any atom is 0.157 e. The van der Waals surface area contributed by atoms with E-state index in [1.807, 2.05) is 11.8 Å². The third-order valence-corrected chi connectivity index (χ3v) is 6.04. The molecule has 0 aromatic rings. The smallest absolute Gasteiger partial charge is 0.157 e. The second-order valence-corrected chi connectivity index (χ2v) is 7.26. The van der Waals surface area contributed by atoms with Gasteiger partial charge in [0.25, 0.3) is 0 Å². The summed E-state index contributed by atoms with van der Waals surface area (Å²) in [6, 6.07) is 0. The predicted octanol–water partition coefficient (Wildman–Crippen LogP) is 2.95. The third-order valence-electron chi connectivity index (χ3n) is 4.88. The molecule has 2 atom stereocenters. The number of hydrogen-bond donors (Lipinski definition) is 1. The monoisotopic (exact) mass is 268 g/mol. The van der Waals surface area contributed by atoms with Crippen LogP contribution in [0, 0.1) is 0 Å². The van der Waals surface area contributed by atoms with Gasteiger partial charge in [-0.1, -0.05) is 31.0 Å². The molecule has 1 saturated carbocycles. The number of rotatable bonds is 1. The first-order valence-corrected chi connectivity index (χ1v) is 8.23. The van der Waals surface area contributed by atoms with Crippen molar-refractivity contribution in [1.82, 2.24) is 5.32 Å². The standard InChI is InChI=1S/C14H24N2OS/c1-11-13(2,8-9-17-11)15-12-16-14(10-18-12)6-4-3-5-7-14/h11H,3-10H2,1-2H3,(H,15,16). The largest absolute Gasteiger partial charge is 0.376 e. The molecule has 2 heterocycles. The van der Waals surface area contributed by atoms with Crippen molar-refractivity contribution in [3.63, 3.8) is 0 Å². The van der Waals surface area contributed by atoms with Gasteiger partial charge >= 0.3 is 0 Å². The van der Waals surface area contributed by atoms with E-state index in [4.69, 9.17) is 9.73 Å². The second kappa shape index (κ2) is 4.71. The van der Waals surface area contributed by atoms with Crippen LogP contribution in [0.4, 0.5) is 0 Å². The summed E-state index contributed by atoms with van der Waals surface area (Å²) in [5.74, 6) is 1.21. The van der Waals surface area contributed by atoms with E-state index in [-0.39, 0.29) is 11.6 Å². The van der Waals surface area contributed by atoms with E-state index in [9.17, 15) is 0 Å². The Balaban J connectivity index is 1.71. The molecule has 1 N–H and O–H groups in total. The zero-order chi connectivity index (χ0) is 12.6. The van der Waals surface area contributed by atoms with Crippen molar-refractivity contribution in [1.29, 1.82) is 0 Å². The van der Waals surface area contributed by atoms with Crippen molar-refractivity contribution >= 4 is 16.9 Å². The molecule has 0 amide bonds. The predicted molar refractivity (Wildman–Crippen MR) is 77.3 cm³/mol. The fraction of sp³-hybridized carbons (Fsp3) is 0.929. The van der Waals surface area contributed by atoms with Gasteiger partial charge in [0, 0.05) is 17.9 Å². The van der Waals surface area contributed by atoms with E-state index in [2.05, 4.69) is 19.2 Å². The van der Waals surface area contributed by atoms with Gasteiger partial charge in [0.05, 0.1) is 11.6 Å². The van der Waals surface area contributed by atoms with Crippen LogP contribution in [0.15, 0.2) is 4.99 Å². The van der Waals surface area contributed by atoms with Gasteiger partial charge < -0.3 is 10.1 Å². The molecule has 2 unspecified atom stereocenters. The van der Waals surface area contributed by atoms with E-state index < -0.39 is 0 Å². The maximum atomic E-state index is 5.67. The molecule has 0 aromatic carbocycles. The highest BCUT2D eigenvalue weighted by atomic mass is 32.2. The molecule has 1 aliphatic carbocycles. The first-order chi connectivity index (χ1) is 8.62. The van der Waals surface area contributed by atoms with Crippen LogP contribution in [-0.4, -0.2) is 34.7 Å². The minimum atomic E-state index is -0.0183. The Kier molecular flexibility index (Phi) is 3.35. The average molecular weight is 268 g/mol. The SMILES string of the molecule is CC1OCCC1(C)N=C1NC2(CCCCC2)CS1. The van der Waals surface area contributed by atoms with Crippen molar-refractivity contribution in [2.75, 3.05) is 12.4 Å². The molecule has 18 heavy (non-hydrogen) atoms. The molecule has 1 spiro atoms. The molecule has 4 heteroatoms. The molecule has 3 rings (SSSR count). The van der Waals surface area contributed by atoms with Crippen LogP contribution in [0.2, 0.25) is 0 Å². The van der Waals surface area contributed by atoms with Crippen molar-refractivity contribution in [3.05, 3.63) is 0 Å². The van der Waals surface area contributed by atoms with Gasteiger partial charge in [0.2, 0.25) is 0 Å². The summed E-state index contributed by atoms with van der Waals surface area (Å²) in [5, 5.41) is 4.90. The number of aliphatic imine (C=N–C) groups is 1. The normalized spacial score (nSPS) is 41.4. The zero-order valence-corrected chi connectivity index (χ0v) is 12.3. The maximum absolute atomic E-state index is 5.67. The van der Waals surface area contributed by atoms with Crippen LogP contribution in [0.3, 0.4) is 0 Å². The van der Waals surface area contributed by atoms with Crippen LogP contribution in [0.1, 0.15) is 52.4 Å². The highest BCUT2D eigenvalue weighted by molar-refractivity contribution is 8.14. The lowest BCUT2D eigenvalue weighted by molar-refractivity contribution is 0.101. The number of ether oxygens (including phenoxy) is 1. The van der Waals surface area contributed by atoms with Crippen LogP contribution < -0.4 is 5.32 Å². The molecule has 0 bridgehead atoms. The summed E-state index contributed by atoms with van der Waals surface area (Å²) in [7, 11) is 0. The average Bonchev–Trinajstić information content (AvgIpc) is 2.87. The van der Waals surface area contributed by atoms with Gasteiger partial charge in [0.15, 0.2) is 5.17 Å². The summed E-state index contributed by atoms with van der Waals surface area (Å²) in [4.78, 5) is 4.98. The van der Waals surface area contributed by atoms with E-state index in [0.29, 0.717) is 5.54 Å². The summed E-state index contributed by atoms with van der Waals surface area (Å²) >= 11 is 1.92. The molecule has 0 radical (unpaired) electrons. The minimum Gasteiger partial charge on any atom is -0.376 e. The number of thioether (sulfide) groups is 1. The van der Waals surface area contributed by atoms with Crippen LogP contribution in [-0.2, 0) is 4.74 Å². The van der Waals surface area contributed by atoms with Crippen molar-refractivity contribution in [2.24, 2.45) is 4.99 Å². The van der Waals surface area contributed by atoms with Gasteiger partial charge in [-0.25, -0.2) is 0 Å². The zero-order valence-electron chi connectivity index (χ0n) is 11.5. The fourth-order valence-electron chi connectivity index (χ4n) is 3.27. The Morgan fingerprint density at radius 2 is 2.06 bits per heavy atom. The van der Waals surface area contributed by atoms with E-state index in [1.165, 1.54) is 37.9 Å². The molecule has 3 aliphatic rings. The highest BCUT2D eigenvalue weighted by Crippen LogP contribution is 2.38. The quantitative estimate of drug-likeness (QED) is 0.794. The minimum absolute atomic E-state index is 0.0183. The Morgan fingerprint density at radius 1 is 1.28 bits per heavy atom. The van der Waals surface area contributed by atoms with Gasteiger partial charge in [-0.2, -0.15) is 0 Å². The Hall–Kier alpha value is -0.220. The van der Waals surface area contributed by atoms with E-state index in [1.54, 1.807) is 0 Å². The molecule has 2 aliphatic heterocycles. The van der Waals surface area contributed by atoms with Gasteiger partial charge in [-0.3, -0.25) is 4.99 Å². The Morgan fingerprint density at radius 3 is 2.72 bits per heavy atom.